The number of H-pyrrole nitrogens is 1. The summed E-state index contributed by atoms with van der Waals surface area (Å²) < 4.78 is 43.4. The molecule has 0 atom stereocenters. The maximum absolute atomic E-state index is 12.6. The van der Waals surface area contributed by atoms with E-state index in [1.807, 2.05) is 12.2 Å². The molecule has 164 valence electrons. The molecule has 10 heteroatoms. The third-order valence-electron chi connectivity index (χ3n) is 4.29. The van der Waals surface area contributed by atoms with Crippen molar-refractivity contribution in [2.24, 2.45) is 5.16 Å². The number of rotatable bonds is 7. The van der Waals surface area contributed by atoms with Gasteiger partial charge in [0.1, 0.15) is 23.9 Å². The Morgan fingerprint density at radius 3 is 2.61 bits per heavy atom. The van der Waals surface area contributed by atoms with E-state index in [-0.39, 0.29) is 24.0 Å². The third kappa shape index (κ3) is 6.35. The number of hydrogen-bond acceptors (Lipinski definition) is 6. The summed E-state index contributed by atoms with van der Waals surface area (Å²) in [4.78, 5) is 18.8. The van der Waals surface area contributed by atoms with E-state index >= 15 is 0 Å². The van der Waals surface area contributed by atoms with Gasteiger partial charge in [0.2, 0.25) is 5.88 Å². The van der Waals surface area contributed by atoms with Crippen LogP contribution in [0, 0.1) is 0 Å². The monoisotopic (exact) mass is 452 g/mol. The summed E-state index contributed by atoms with van der Waals surface area (Å²) >= 11 is 0.885. The topological polar surface area (TPSA) is 83.9 Å². The predicted molar refractivity (Wildman–Crippen MR) is 111 cm³/mol. The first-order chi connectivity index (χ1) is 14.7. The van der Waals surface area contributed by atoms with Gasteiger partial charge in [-0.15, -0.1) is 0 Å². The Labute approximate surface area is 179 Å². The number of alkyl halides is 3. The summed E-state index contributed by atoms with van der Waals surface area (Å²) in [7, 11) is 0. The molecule has 0 unspecified atom stereocenters. The van der Waals surface area contributed by atoms with Crippen LogP contribution in [0.4, 0.5) is 13.2 Å². The van der Waals surface area contributed by atoms with Crippen LogP contribution in [0.1, 0.15) is 29.3 Å². The number of aromatic nitrogens is 1. The van der Waals surface area contributed by atoms with Crippen molar-refractivity contribution in [2.75, 3.05) is 0 Å². The SMILES string of the molecule is CC(=NOCc1ccc(C(F)(F)F)cc1)C1=CC=C(OCc2sc(=O)[nH]c2O)CC=C1. The lowest BCUT2D eigenvalue weighted by atomic mass is 10.1. The molecule has 2 N–H and O–H groups in total. The Hall–Kier alpha value is -3.27. The number of hydrogen-bond donors (Lipinski definition) is 2. The van der Waals surface area contributed by atoms with Crippen LogP contribution >= 0.6 is 11.3 Å². The molecule has 1 aromatic heterocycles. The quantitative estimate of drug-likeness (QED) is 0.455. The number of oxime groups is 1. The fourth-order valence-corrected chi connectivity index (χ4v) is 3.25. The van der Waals surface area contributed by atoms with Crippen LogP contribution in [0.5, 0.6) is 5.88 Å². The first-order valence-corrected chi connectivity index (χ1v) is 9.98. The normalized spacial score (nSPS) is 14.6. The van der Waals surface area contributed by atoms with Crippen molar-refractivity contribution in [2.45, 2.75) is 32.7 Å². The number of aromatic amines is 1. The number of nitrogens with one attached hydrogen (secondary N) is 1. The molecule has 0 spiro atoms. The summed E-state index contributed by atoms with van der Waals surface area (Å²) in [6, 6.07) is 4.71. The molecule has 0 saturated heterocycles. The Morgan fingerprint density at radius 1 is 1.23 bits per heavy atom. The van der Waals surface area contributed by atoms with Gasteiger partial charge in [-0.25, -0.2) is 0 Å². The van der Waals surface area contributed by atoms with Gasteiger partial charge in [0.05, 0.1) is 11.3 Å². The Morgan fingerprint density at radius 2 is 1.97 bits per heavy atom. The number of aromatic hydroxyl groups is 1. The standard InChI is InChI=1S/C21H19F3N2O4S/c1-13(26-30-11-14-5-8-16(9-6-14)21(22,23)24)15-3-2-4-17(10-7-15)29-12-18-19(27)25-20(28)31-18/h2-3,5-10,27H,4,11-12H2,1H3,(H,25,28). The predicted octanol–water partition coefficient (Wildman–Crippen LogP) is 5.04. The molecule has 3 rings (SSSR count). The number of nitrogens with zero attached hydrogens (tertiary/aromatic N) is 1. The Balaban J connectivity index is 1.56. The zero-order valence-electron chi connectivity index (χ0n) is 16.4. The van der Waals surface area contributed by atoms with Crippen molar-refractivity contribution in [3.8, 4) is 5.88 Å². The number of thiazole rings is 1. The summed E-state index contributed by atoms with van der Waals surface area (Å²) in [6.07, 6.45) is 3.41. The van der Waals surface area contributed by atoms with E-state index in [1.165, 1.54) is 12.1 Å². The highest BCUT2D eigenvalue weighted by molar-refractivity contribution is 7.09. The van der Waals surface area contributed by atoms with Crippen LogP contribution in [0.3, 0.4) is 0 Å². The lowest BCUT2D eigenvalue weighted by Gasteiger charge is -2.07. The molecule has 1 aromatic carbocycles. The van der Waals surface area contributed by atoms with E-state index in [0.717, 1.165) is 29.0 Å². The minimum atomic E-state index is -4.37. The van der Waals surface area contributed by atoms with Gasteiger partial charge in [0.25, 0.3) is 0 Å². The molecule has 1 heterocycles. The van der Waals surface area contributed by atoms with Gasteiger partial charge in [-0.3, -0.25) is 9.78 Å². The summed E-state index contributed by atoms with van der Waals surface area (Å²) in [6.45, 7) is 1.86. The van der Waals surface area contributed by atoms with E-state index in [9.17, 15) is 23.1 Å². The number of allylic oxidation sites excluding steroid dienone is 5. The minimum Gasteiger partial charge on any atom is -0.494 e. The number of benzene rings is 1. The summed E-state index contributed by atoms with van der Waals surface area (Å²) in [5.74, 6) is 0.453. The van der Waals surface area contributed by atoms with Gasteiger partial charge >= 0.3 is 11.0 Å². The van der Waals surface area contributed by atoms with Gasteiger partial charge in [-0.1, -0.05) is 40.8 Å². The average Bonchev–Trinajstić information content (AvgIpc) is 2.90. The van der Waals surface area contributed by atoms with Crippen LogP contribution in [0.2, 0.25) is 0 Å². The highest BCUT2D eigenvalue weighted by atomic mass is 32.1. The van der Waals surface area contributed by atoms with Crippen molar-refractivity contribution in [3.05, 3.63) is 85.6 Å². The molecular formula is C21H19F3N2O4S. The molecule has 0 saturated carbocycles. The second-order valence-corrected chi connectivity index (χ2v) is 7.65. The Kier molecular flexibility index (Phi) is 7.01. The highest BCUT2D eigenvalue weighted by Crippen LogP contribution is 2.29. The van der Waals surface area contributed by atoms with E-state index in [1.54, 1.807) is 19.1 Å². The van der Waals surface area contributed by atoms with Crippen molar-refractivity contribution in [1.29, 1.82) is 0 Å². The van der Waals surface area contributed by atoms with E-state index in [2.05, 4.69) is 10.1 Å². The van der Waals surface area contributed by atoms with Crippen molar-refractivity contribution in [3.63, 3.8) is 0 Å². The number of halogens is 3. The third-order valence-corrected chi connectivity index (χ3v) is 5.13. The van der Waals surface area contributed by atoms with Gasteiger partial charge in [0.15, 0.2) is 0 Å². The molecule has 0 fully saturated rings. The second-order valence-electron chi connectivity index (χ2n) is 6.58. The molecule has 1 aliphatic rings. The minimum absolute atomic E-state index is 0.0414. The molecular weight excluding hydrogens is 433 g/mol. The first-order valence-electron chi connectivity index (χ1n) is 9.16. The molecule has 0 amide bonds. The lowest BCUT2D eigenvalue weighted by molar-refractivity contribution is -0.137. The van der Waals surface area contributed by atoms with Crippen molar-refractivity contribution < 1.29 is 27.9 Å². The maximum atomic E-state index is 12.6. The smallest absolute Gasteiger partial charge is 0.416 e. The highest BCUT2D eigenvalue weighted by Gasteiger charge is 2.29. The van der Waals surface area contributed by atoms with E-state index < -0.39 is 11.7 Å². The van der Waals surface area contributed by atoms with Crippen LogP contribution in [-0.2, 0) is 29.0 Å². The zero-order chi connectivity index (χ0) is 22.4. The van der Waals surface area contributed by atoms with Gasteiger partial charge < -0.3 is 14.7 Å². The molecule has 2 aromatic rings. The van der Waals surface area contributed by atoms with Crippen molar-refractivity contribution in [1.82, 2.24) is 4.98 Å². The molecule has 31 heavy (non-hydrogen) atoms. The molecule has 0 bridgehead atoms. The second kappa shape index (κ2) is 9.69. The van der Waals surface area contributed by atoms with Gasteiger partial charge in [0, 0.05) is 6.42 Å². The molecule has 6 nitrogen and oxygen atoms in total. The maximum Gasteiger partial charge on any atom is 0.416 e. The van der Waals surface area contributed by atoms with Crippen LogP contribution < -0.4 is 4.87 Å². The fraction of sp³-hybridized carbons (Fsp3) is 0.238. The van der Waals surface area contributed by atoms with Gasteiger partial charge in [-0.05, 0) is 42.3 Å². The Bertz CT molecular complexity index is 1090. The summed E-state index contributed by atoms with van der Waals surface area (Å²) in [5.41, 5.74) is 1.22. The molecule has 1 aliphatic carbocycles. The zero-order valence-corrected chi connectivity index (χ0v) is 17.2. The van der Waals surface area contributed by atoms with Crippen LogP contribution in [-0.4, -0.2) is 15.8 Å². The summed E-state index contributed by atoms with van der Waals surface area (Å²) in [5, 5.41) is 13.6. The number of ether oxygens (including phenoxy) is 1. The van der Waals surface area contributed by atoms with Gasteiger partial charge in [-0.2, -0.15) is 13.2 Å². The fourth-order valence-electron chi connectivity index (χ4n) is 2.61. The van der Waals surface area contributed by atoms with Crippen LogP contribution in [0.15, 0.2) is 69.9 Å². The van der Waals surface area contributed by atoms with Crippen LogP contribution in [0.25, 0.3) is 0 Å². The van der Waals surface area contributed by atoms with E-state index in [4.69, 9.17) is 9.57 Å². The average molecular weight is 452 g/mol. The lowest BCUT2D eigenvalue weighted by Crippen LogP contribution is -2.04. The largest absolute Gasteiger partial charge is 0.494 e. The molecule has 0 aliphatic heterocycles. The van der Waals surface area contributed by atoms with Crippen molar-refractivity contribution >= 4 is 17.0 Å². The first kappa shape index (κ1) is 22.4. The molecule has 0 radical (unpaired) electrons. The van der Waals surface area contributed by atoms with E-state index in [0.29, 0.717) is 28.3 Å².